The van der Waals surface area contributed by atoms with Crippen molar-refractivity contribution in [3.05, 3.63) is 47.3 Å². The van der Waals surface area contributed by atoms with E-state index in [2.05, 4.69) is 71.6 Å². The topological polar surface area (TPSA) is 9.23 Å². The van der Waals surface area contributed by atoms with Gasteiger partial charge >= 0.3 is 0 Å². The number of hydrogen-bond donors (Lipinski definition) is 0. The molecule has 0 saturated carbocycles. The van der Waals surface area contributed by atoms with Gasteiger partial charge in [0.25, 0.3) is 0 Å². The normalized spacial score (nSPS) is 13.8. The summed E-state index contributed by atoms with van der Waals surface area (Å²) in [5.74, 6) is 0. The first-order valence-electron chi connectivity index (χ1n) is 7.51. The van der Waals surface area contributed by atoms with Crippen molar-refractivity contribution in [3.8, 4) is 0 Å². The van der Waals surface area contributed by atoms with Crippen LogP contribution >= 0.6 is 0 Å². The first kappa shape index (κ1) is 19.0. The zero-order valence-corrected chi connectivity index (χ0v) is 15.4. The summed E-state index contributed by atoms with van der Waals surface area (Å²) >= 11 is 0. The lowest BCUT2D eigenvalue weighted by Crippen LogP contribution is -2.21. The van der Waals surface area contributed by atoms with E-state index in [1.54, 1.807) is 0 Å². The van der Waals surface area contributed by atoms with Gasteiger partial charge in [0.05, 0.1) is 6.26 Å². The van der Waals surface area contributed by atoms with Crippen LogP contribution in [0.3, 0.4) is 0 Å². The van der Waals surface area contributed by atoms with Gasteiger partial charge < -0.3 is 4.43 Å². The minimum atomic E-state index is -1.43. The van der Waals surface area contributed by atoms with E-state index in [9.17, 15) is 0 Å². The molecule has 0 amide bonds. The van der Waals surface area contributed by atoms with Gasteiger partial charge in [0.2, 0.25) is 8.32 Å². The molecule has 0 rings (SSSR count). The molecule has 0 atom stereocenters. The molecule has 0 aromatic rings. The van der Waals surface area contributed by atoms with E-state index in [1.165, 1.54) is 16.7 Å². The monoisotopic (exact) mass is 292 g/mol. The van der Waals surface area contributed by atoms with Crippen LogP contribution in [0.5, 0.6) is 0 Å². The predicted molar refractivity (Wildman–Crippen MR) is 94.4 cm³/mol. The first-order valence-corrected chi connectivity index (χ1v) is 10.9. The summed E-state index contributed by atoms with van der Waals surface area (Å²) in [4.78, 5) is 0. The largest absolute Gasteiger partial charge is 0.550 e. The molecule has 1 nitrogen and oxygen atoms in total. The molecular formula is C18H32OSi. The fraction of sp³-hybridized carbons (Fsp3) is 0.556. The van der Waals surface area contributed by atoms with Gasteiger partial charge in [-0.2, -0.15) is 0 Å². The molecule has 0 heterocycles. The Morgan fingerprint density at radius 3 is 2.15 bits per heavy atom. The van der Waals surface area contributed by atoms with Gasteiger partial charge in [0, 0.05) is 0 Å². The van der Waals surface area contributed by atoms with Crippen LogP contribution in [0.15, 0.2) is 47.3 Å². The predicted octanol–water partition coefficient (Wildman–Crippen LogP) is 6.38. The average molecular weight is 293 g/mol. The molecule has 0 fully saturated rings. The molecule has 0 saturated heterocycles. The summed E-state index contributed by atoms with van der Waals surface area (Å²) < 4.78 is 5.70. The third-order valence-corrected chi connectivity index (χ3v) is 3.59. The van der Waals surface area contributed by atoms with Crippen LogP contribution < -0.4 is 0 Å². The van der Waals surface area contributed by atoms with Gasteiger partial charge in [0.1, 0.15) is 0 Å². The Hall–Kier alpha value is -1.02. The summed E-state index contributed by atoms with van der Waals surface area (Å²) in [5, 5.41) is 0. The van der Waals surface area contributed by atoms with Gasteiger partial charge in [-0.05, 0) is 72.7 Å². The maximum absolute atomic E-state index is 5.70. The third kappa shape index (κ3) is 13.4. The Kier molecular flexibility index (Phi) is 9.31. The van der Waals surface area contributed by atoms with Crippen molar-refractivity contribution in [2.75, 3.05) is 0 Å². The molecule has 20 heavy (non-hydrogen) atoms. The standard InChI is InChI=1S/C18H32OSi/c1-16(2)10-8-11-17(3)12-9-13-18(4)14-15-19-20(5,6)7/h10,12-15H,8-9,11H2,1-7H3/b15-14+,17-12+,18-13+. The molecule has 0 aromatic heterocycles. The Labute approximate surface area is 127 Å². The van der Waals surface area contributed by atoms with Crippen LogP contribution in [0.25, 0.3) is 0 Å². The fourth-order valence-corrected chi connectivity index (χ4v) is 2.03. The Balaban J connectivity index is 4.12. The van der Waals surface area contributed by atoms with Crippen molar-refractivity contribution in [2.24, 2.45) is 0 Å². The molecule has 2 heteroatoms. The zero-order valence-electron chi connectivity index (χ0n) is 14.4. The highest BCUT2D eigenvalue weighted by molar-refractivity contribution is 6.69. The van der Waals surface area contributed by atoms with Crippen molar-refractivity contribution < 1.29 is 4.43 Å². The lowest BCUT2D eigenvalue weighted by molar-refractivity contribution is 0.479. The maximum atomic E-state index is 5.70. The molecule has 0 radical (unpaired) electrons. The van der Waals surface area contributed by atoms with Crippen molar-refractivity contribution >= 4 is 8.32 Å². The molecule has 0 spiro atoms. The first-order chi connectivity index (χ1) is 9.20. The van der Waals surface area contributed by atoms with Gasteiger partial charge in [-0.15, -0.1) is 0 Å². The van der Waals surface area contributed by atoms with Crippen molar-refractivity contribution in [2.45, 2.75) is 66.6 Å². The summed E-state index contributed by atoms with van der Waals surface area (Å²) in [6, 6.07) is 0. The molecule has 0 N–H and O–H groups in total. The van der Waals surface area contributed by atoms with Gasteiger partial charge in [0.15, 0.2) is 0 Å². The average Bonchev–Trinajstić information content (AvgIpc) is 2.26. The summed E-state index contributed by atoms with van der Waals surface area (Å²) in [6.07, 6.45) is 14.1. The molecule has 0 aliphatic heterocycles. The highest BCUT2D eigenvalue weighted by atomic mass is 28.4. The third-order valence-electron chi connectivity index (χ3n) is 2.75. The van der Waals surface area contributed by atoms with E-state index >= 15 is 0 Å². The van der Waals surface area contributed by atoms with Crippen molar-refractivity contribution in [1.82, 2.24) is 0 Å². The van der Waals surface area contributed by atoms with Crippen LogP contribution in [0.2, 0.25) is 19.6 Å². The number of allylic oxidation sites excluding steroid dienone is 7. The minimum absolute atomic E-state index is 1.00. The van der Waals surface area contributed by atoms with Gasteiger partial charge in [-0.25, -0.2) is 0 Å². The van der Waals surface area contributed by atoms with E-state index in [0.717, 1.165) is 19.3 Å². The van der Waals surface area contributed by atoms with Gasteiger partial charge in [-0.3, -0.25) is 0 Å². The number of rotatable bonds is 8. The molecule has 114 valence electrons. The summed E-state index contributed by atoms with van der Waals surface area (Å²) in [6.45, 7) is 15.2. The minimum Gasteiger partial charge on any atom is -0.550 e. The second kappa shape index (κ2) is 9.81. The lowest BCUT2D eigenvalue weighted by Gasteiger charge is -2.14. The molecule has 0 aliphatic carbocycles. The van der Waals surface area contributed by atoms with Crippen molar-refractivity contribution in [1.29, 1.82) is 0 Å². The Bertz CT molecular complexity index is 388. The van der Waals surface area contributed by atoms with E-state index in [1.807, 2.05) is 6.26 Å². The molecule has 0 unspecified atom stereocenters. The highest BCUT2D eigenvalue weighted by Gasteiger charge is 2.12. The van der Waals surface area contributed by atoms with E-state index in [-0.39, 0.29) is 0 Å². The van der Waals surface area contributed by atoms with E-state index < -0.39 is 8.32 Å². The quantitative estimate of drug-likeness (QED) is 0.218. The van der Waals surface area contributed by atoms with Crippen LogP contribution in [0.1, 0.15) is 47.0 Å². The van der Waals surface area contributed by atoms with Crippen LogP contribution in [-0.4, -0.2) is 8.32 Å². The molecule has 0 aromatic carbocycles. The van der Waals surface area contributed by atoms with Crippen molar-refractivity contribution in [3.63, 3.8) is 0 Å². The smallest absolute Gasteiger partial charge is 0.241 e. The van der Waals surface area contributed by atoms with Crippen LogP contribution in [0, 0.1) is 0 Å². The molecule has 0 bridgehead atoms. The molecule has 0 aliphatic rings. The van der Waals surface area contributed by atoms with Crippen LogP contribution in [0.4, 0.5) is 0 Å². The number of hydrogen-bond acceptors (Lipinski definition) is 1. The second-order valence-corrected chi connectivity index (χ2v) is 11.0. The lowest BCUT2D eigenvalue weighted by atomic mass is 10.1. The summed E-state index contributed by atoms with van der Waals surface area (Å²) in [7, 11) is -1.43. The SMILES string of the molecule is CC(C)=CCC/C(C)=C/C/C=C(C)/C=C/O[Si](C)(C)C. The van der Waals surface area contributed by atoms with E-state index in [4.69, 9.17) is 4.43 Å². The Morgan fingerprint density at radius 2 is 1.60 bits per heavy atom. The van der Waals surface area contributed by atoms with Crippen LogP contribution in [-0.2, 0) is 4.43 Å². The zero-order chi connectivity index (χ0) is 15.6. The summed E-state index contributed by atoms with van der Waals surface area (Å²) in [5.41, 5.74) is 4.13. The highest BCUT2D eigenvalue weighted by Crippen LogP contribution is 2.09. The van der Waals surface area contributed by atoms with E-state index in [0.29, 0.717) is 0 Å². The Morgan fingerprint density at radius 1 is 0.950 bits per heavy atom. The second-order valence-electron chi connectivity index (χ2n) is 6.59. The van der Waals surface area contributed by atoms with Gasteiger partial charge in [-0.1, -0.05) is 34.9 Å². The molecular weight excluding hydrogens is 260 g/mol. The maximum Gasteiger partial charge on any atom is 0.241 e. The fourth-order valence-electron chi connectivity index (χ4n) is 1.55.